The molecule has 3 aliphatic heterocycles. The number of likely N-dealkylation sites (tertiary alicyclic amines) is 1. The topological polar surface area (TPSA) is 120 Å². The molecule has 1 aromatic carbocycles. The molecule has 4 aliphatic rings. The fourth-order valence-corrected chi connectivity index (χ4v) is 8.95. The van der Waals surface area contributed by atoms with E-state index in [2.05, 4.69) is 43.0 Å². The van der Waals surface area contributed by atoms with Crippen molar-refractivity contribution in [2.75, 3.05) is 56.7 Å². The number of piperidine rings is 2. The largest absolute Gasteiger partial charge is 0.371 e. The zero-order valence-corrected chi connectivity index (χ0v) is 30.4. The Morgan fingerprint density at radius 2 is 1.69 bits per heavy atom. The standard InChI is InChI=1S/C38H45N9O3S/c1-43(2)36(50)31-20-27-23-40-37(42-33(27)47(31)28-6-4-5-7-28)41-32-11-9-25(22-39-32)34(48)45-18-14-38(15-19-45)12-16-44(17-13-38)29-10-8-26-24-46(51-3)35(49)30(26)21-29/h8-11,20-23,28H,4-7,12-19,24H2,1-3H3,(H,39,40,41,42). The van der Waals surface area contributed by atoms with Crippen molar-refractivity contribution < 1.29 is 14.4 Å². The molecule has 4 aromatic rings. The number of carbonyl (C=O) groups excluding carboxylic acids is 3. The molecule has 266 valence electrons. The van der Waals surface area contributed by atoms with Crippen molar-refractivity contribution in [3.05, 3.63) is 71.2 Å². The predicted molar refractivity (Wildman–Crippen MR) is 199 cm³/mol. The Balaban J connectivity index is 0.880. The first-order chi connectivity index (χ1) is 24.7. The van der Waals surface area contributed by atoms with Crippen LogP contribution in [0.2, 0.25) is 0 Å². The van der Waals surface area contributed by atoms with Crippen molar-refractivity contribution in [3.63, 3.8) is 0 Å². The molecule has 0 unspecified atom stereocenters. The number of pyridine rings is 1. The number of amides is 3. The van der Waals surface area contributed by atoms with Crippen molar-refractivity contribution in [1.82, 2.24) is 33.6 Å². The molecule has 6 heterocycles. The lowest BCUT2D eigenvalue weighted by Gasteiger charge is -2.47. The third-order valence-electron chi connectivity index (χ3n) is 11.5. The van der Waals surface area contributed by atoms with E-state index in [0.717, 1.165) is 105 Å². The van der Waals surface area contributed by atoms with Crippen LogP contribution in [0.25, 0.3) is 11.0 Å². The fraction of sp³-hybridized carbons (Fsp3) is 0.474. The van der Waals surface area contributed by atoms with E-state index in [9.17, 15) is 14.4 Å². The molecule has 13 heteroatoms. The summed E-state index contributed by atoms with van der Waals surface area (Å²) in [6.07, 6.45) is 13.8. The number of aromatic nitrogens is 4. The number of carbonyl (C=O) groups is 3. The quantitative estimate of drug-likeness (QED) is 0.226. The van der Waals surface area contributed by atoms with Gasteiger partial charge in [0.15, 0.2) is 0 Å². The first-order valence-electron chi connectivity index (χ1n) is 18.1. The van der Waals surface area contributed by atoms with Gasteiger partial charge in [0.25, 0.3) is 17.7 Å². The second kappa shape index (κ2) is 13.5. The van der Waals surface area contributed by atoms with Crippen LogP contribution in [0.1, 0.15) is 94.2 Å². The Kier molecular flexibility index (Phi) is 8.85. The highest BCUT2D eigenvalue weighted by Crippen LogP contribution is 2.43. The van der Waals surface area contributed by atoms with Gasteiger partial charge in [0, 0.05) is 81.6 Å². The average molecular weight is 708 g/mol. The third kappa shape index (κ3) is 6.30. The van der Waals surface area contributed by atoms with E-state index in [1.54, 1.807) is 37.5 Å². The predicted octanol–water partition coefficient (Wildman–Crippen LogP) is 6.14. The second-order valence-corrected chi connectivity index (χ2v) is 15.5. The molecule has 51 heavy (non-hydrogen) atoms. The summed E-state index contributed by atoms with van der Waals surface area (Å²) in [5, 5.41) is 4.04. The molecule has 1 saturated carbocycles. The lowest BCUT2D eigenvalue weighted by atomic mass is 9.71. The van der Waals surface area contributed by atoms with Crippen LogP contribution in [0.3, 0.4) is 0 Å². The van der Waals surface area contributed by atoms with Crippen LogP contribution in [-0.4, -0.2) is 97.9 Å². The van der Waals surface area contributed by atoms with E-state index in [4.69, 9.17) is 4.98 Å². The van der Waals surface area contributed by atoms with Crippen LogP contribution >= 0.6 is 11.9 Å². The van der Waals surface area contributed by atoms with Crippen molar-refractivity contribution in [2.45, 2.75) is 64.0 Å². The maximum absolute atomic E-state index is 13.5. The fourth-order valence-electron chi connectivity index (χ4n) is 8.42. The summed E-state index contributed by atoms with van der Waals surface area (Å²) in [6, 6.07) is 12.1. The number of nitrogens with one attached hydrogen (secondary N) is 1. The van der Waals surface area contributed by atoms with Crippen LogP contribution in [0, 0.1) is 5.41 Å². The minimum Gasteiger partial charge on any atom is -0.371 e. The first kappa shape index (κ1) is 33.5. The van der Waals surface area contributed by atoms with Gasteiger partial charge in [-0.3, -0.25) is 18.7 Å². The molecular weight excluding hydrogens is 663 g/mol. The van der Waals surface area contributed by atoms with Crippen molar-refractivity contribution >= 4 is 58.2 Å². The zero-order chi connectivity index (χ0) is 35.3. The maximum atomic E-state index is 13.5. The monoisotopic (exact) mass is 707 g/mol. The molecule has 0 bridgehead atoms. The van der Waals surface area contributed by atoms with Gasteiger partial charge in [0.1, 0.15) is 17.2 Å². The highest BCUT2D eigenvalue weighted by molar-refractivity contribution is 7.96. The van der Waals surface area contributed by atoms with Crippen LogP contribution in [-0.2, 0) is 6.54 Å². The molecule has 1 spiro atoms. The van der Waals surface area contributed by atoms with Crippen molar-refractivity contribution in [1.29, 1.82) is 0 Å². The normalized spacial score (nSPS) is 18.9. The molecule has 1 N–H and O–H groups in total. The van der Waals surface area contributed by atoms with Crippen LogP contribution in [0.5, 0.6) is 0 Å². The molecule has 0 radical (unpaired) electrons. The Morgan fingerprint density at radius 3 is 2.37 bits per heavy atom. The number of fused-ring (bicyclic) bond motifs is 2. The van der Waals surface area contributed by atoms with Gasteiger partial charge in [-0.25, -0.2) is 9.97 Å². The molecule has 8 rings (SSSR count). The van der Waals surface area contributed by atoms with E-state index in [1.165, 1.54) is 11.9 Å². The van der Waals surface area contributed by atoms with Gasteiger partial charge in [-0.1, -0.05) is 30.9 Å². The minimum atomic E-state index is -0.0426. The Hall–Kier alpha value is -4.65. The van der Waals surface area contributed by atoms with Gasteiger partial charge < -0.3 is 24.6 Å². The SMILES string of the molecule is CSN1Cc2ccc(N3CCC4(CCN(C(=O)c5ccc(Nc6ncc7cc(C(=O)N(C)C)n(C8CCCC8)c7n6)nc5)CC4)CC3)cc2C1=O. The van der Waals surface area contributed by atoms with Crippen LogP contribution in [0.15, 0.2) is 48.8 Å². The molecule has 1 aliphatic carbocycles. The van der Waals surface area contributed by atoms with Gasteiger partial charge in [-0.05, 0) is 79.8 Å². The first-order valence-corrected chi connectivity index (χ1v) is 19.3. The summed E-state index contributed by atoms with van der Waals surface area (Å²) in [5.41, 5.74) is 5.27. The minimum absolute atomic E-state index is 0.00794. The Labute approximate surface area is 302 Å². The summed E-state index contributed by atoms with van der Waals surface area (Å²) in [7, 11) is 3.54. The Morgan fingerprint density at radius 1 is 0.941 bits per heavy atom. The summed E-state index contributed by atoms with van der Waals surface area (Å²) in [6.45, 7) is 4.08. The smallest absolute Gasteiger partial charge is 0.270 e. The number of rotatable bonds is 7. The van der Waals surface area contributed by atoms with Crippen molar-refractivity contribution in [3.8, 4) is 0 Å². The molecular formula is C38H45N9O3S. The summed E-state index contributed by atoms with van der Waals surface area (Å²) in [4.78, 5) is 59.2. The van der Waals surface area contributed by atoms with Crippen LogP contribution < -0.4 is 10.2 Å². The van der Waals surface area contributed by atoms with Gasteiger partial charge in [0.05, 0.1) is 12.1 Å². The average Bonchev–Trinajstić information content (AvgIpc) is 3.89. The Bertz CT molecular complexity index is 1970. The van der Waals surface area contributed by atoms with Crippen molar-refractivity contribution in [2.24, 2.45) is 5.41 Å². The van der Waals surface area contributed by atoms with Gasteiger partial charge in [0.2, 0.25) is 5.95 Å². The molecule has 0 atom stereocenters. The number of anilines is 3. The number of hydrogen-bond acceptors (Lipinski definition) is 9. The molecule has 3 fully saturated rings. The second-order valence-electron chi connectivity index (χ2n) is 14.7. The highest BCUT2D eigenvalue weighted by atomic mass is 32.2. The third-order valence-corrected chi connectivity index (χ3v) is 12.3. The molecule has 2 saturated heterocycles. The van der Waals surface area contributed by atoms with E-state index in [1.807, 2.05) is 27.6 Å². The lowest BCUT2D eigenvalue weighted by molar-refractivity contribution is 0.0514. The molecule has 12 nitrogen and oxygen atoms in total. The molecule has 3 aromatic heterocycles. The van der Waals surface area contributed by atoms with E-state index in [-0.39, 0.29) is 29.2 Å². The highest BCUT2D eigenvalue weighted by Gasteiger charge is 2.39. The number of benzene rings is 1. The summed E-state index contributed by atoms with van der Waals surface area (Å²) >= 11 is 1.48. The number of nitrogens with zero attached hydrogens (tertiary/aromatic N) is 8. The lowest BCUT2D eigenvalue weighted by Crippen LogP contribution is -2.48. The van der Waals surface area contributed by atoms with E-state index in [0.29, 0.717) is 29.6 Å². The maximum Gasteiger partial charge on any atom is 0.270 e. The zero-order valence-electron chi connectivity index (χ0n) is 29.6. The molecule has 3 amide bonds. The van der Waals surface area contributed by atoms with Gasteiger partial charge in [-0.2, -0.15) is 4.98 Å². The summed E-state index contributed by atoms with van der Waals surface area (Å²) in [5.74, 6) is 1.02. The van der Waals surface area contributed by atoms with Gasteiger partial charge in [-0.15, -0.1) is 0 Å². The van der Waals surface area contributed by atoms with Gasteiger partial charge >= 0.3 is 0 Å². The van der Waals surface area contributed by atoms with Crippen LogP contribution in [0.4, 0.5) is 17.5 Å². The number of hydrogen-bond donors (Lipinski definition) is 1. The van der Waals surface area contributed by atoms with E-state index < -0.39 is 0 Å². The summed E-state index contributed by atoms with van der Waals surface area (Å²) < 4.78 is 3.91. The van der Waals surface area contributed by atoms with E-state index >= 15 is 0 Å².